The van der Waals surface area contributed by atoms with E-state index in [-0.39, 0.29) is 12.6 Å². The first-order chi connectivity index (χ1) is 12.4. The molecule has 0 aliphatic heterocycles. The normalized spacial score (nSPS) is 10.8. The molecule has 2 aromatic heterocycles. The van der Waals surface area contributed by atoms with Crippen LogP contribution in [0.1, 0.15) is 21.7 Å². The average molecular weight is 374 g/mol. The van der Waals surface area contributed by atoms with Gasteiger partial charge in [0.05, 0.1) is 6.20 Å². The van der Waals surface area contributed by atoms with E-state index in [9.17, 15) is 4.79 Å². The van der Waals surface area contributed by atoms with E-state index in [0.29, 0.717) is 23.0 Å². The molecule has 0 spiro atoms. The van der Waals surface area contributed by atoms with E-state index in [2.05, 4.69) is 10.2 Å². The molecule has 0 aliphatic rings. The van der Waals surface area contributed by atoms with Crippen molar-refractivity contribution in [2.24, 2.45) is 7.05 Å². The molecule has 0 saturated heterocycles. The number of rotatable bonds is 6. The molecular weight excluding hydrogens is 354 g/mol. The lowest BCUT2D eigenvalue weighted by atomic mass is 10.2. The Morgan fingerprint density at radius 1 is 1.27 bits per heavy atom. The summed E-state index contributed by atoms with van der Waals surface area (Å²) < 4.78 is 8.98. The zero-order valence-electron chi connectivity index (χ0n) is 14.9. The maximum absolute atomic E-state index is 12.6. The molecule has 1 amide bonds. The average Bonchev–Trinajstić information content (AvgIpc) is 3.23. The van der Waals surface area contributed by atoms with Gasteiger partial charge >= 0.3 is 0 Å². The Balaban J connectivity index is 1.60. The summed E-state index contributed by atoms with van der Waals surface area (Å²) in [5.74, 6) is 0.528. The molecule has 0 radical (unpaired) electrons. The van der Waals surface area contributed by atoms with Gasteiger partial charge in [-0.25, -0.2) is 4.68 Å². The first kappa shape index (κ1) is 18.0. The van der Waals surface area contributed by atoms with Gasteiger partial charge in [-0.05, 0) is 37.3 Å². The number of hydrogen-bond donors (Lipinski definition) is 0. The summed E-state index contributed by atoms with van der Waals surface area (Å²) in [4.78, 5) is 14.2. The number of benzene rings is 1. The number of nitrogens with zero attached hydrogens (tertiary/aromatic N) is 5. The third-order valence-corrected chi connectivity index (χ3v) is 4.38. The third kappa shape index (κ3) is 4.05. The van der Waals surface area contributed by atoms with Gasteiger partial charge in [0.25, 0.3) is 5.91 Å². The van der Waals surface area contributed by atoms with Crippen LogP contribution in [0.4, 0.5) is 0 Å². The van der Waals surface area contributed by atoms with Gasteiger partial charge in [0, 0.05) is 43.1 Å². The highest BCUT2D eigenvalue weighted by molar-refractivity contribution is 6.30. The van der Waals surface area contributed by atoms with Gasteiger partial charge in [-0.15, -0.1) is 0 Å². The molecule has 26 heavy (non-hydrogen) atoms. The third-order valence-electron chi connectivity index (χ3n) is 4.13. The molecule has 0 unspecified atom stereocenters. The summed E-state index contributed by atoms with van der Waals surface area (Å²) in [6, 6.07) is 8.75. The lowest BCUT2D eigenvalue weighted by Crippen LogP contribution is -2.27. The van der Waals surface area contributed by atoms with Crippen LogP contribution in [0.3, 0.4) is 0 Å². The number of amides is 1. The van der Waals surface area contributed by atoms with Crippen LogP contribution >= 0.6 is 11.6 Å². The molecule has 0 saturated carbocycles. The van der Waals surface area contributed by atoms with E-state index < -0.39 is 0 Å². The molecule has 3 aromatic rings. The van der Waals surface area contributed by atoms with Crippen molar-refractivity contribution in [2.45, 2.75) is 20.2 Å². The Kier molecular flexibility index (Phi) is 5.27. The van der Waals surface area contributed by atoms with Crippen molar-refractivity contribution in [3.8, 4) is 5.75 Å². The summed E-state index contributed by atoms with van der Waals surface area (Å²) in [6.45, 7) is 2.66. The van der Waals surface area contributed by atoms with Crippen LogP contribution in [-0.4, -0.2) is 37.4 Å². The minimum atomic E-state index is -0.154. The summed E-state index contributed by atoms with van der Waals surface area (Å²) in [5.41, 5.74) is 2.41. The number of aryl methyl sites for hydroxylation is 1. The van der Waals surface area contributed by atoms with Gasteiger partial charge in [-0.1, -0.05) is 11.6 Å². The highest BCUT2D eigenvalue weighted by atomic mass is 35.5. The second-order valence-corrected chi connectivity index (χ2v) is 6.44. The largest absolute Gasteiger partial charge is 0.471 e. The molecule has 8 heteroatoms. The van der Waals surface area contributed by atoms with Gasteiger partial charge in [0.15, 0.2) is 12.4 Å². The molecule has 0 bridgehead atoms. The minimum absolute atomic E-state index is 0.154. The summed E-state index contributed by atoms with van der Waals surface area (Å²) in [7, 11) is 3.63. The van der Waals surface area contributed by atoms with Gasteiger partial charge in [0.1, 0.15) is 5.75 Å². The highest BCUT2D eigenvalue weighted by Gasteiger charge is 2.17. The topological polar surface area (TPSA) is 65.2 Å². The Bertz CT molecular complexity index is 901. The van der Waals surface area contributed by atoms with Crippen molar-refractivity contribution < 1.29 is 9.53 Å². The van der Waals surface area contributed by atoms with Crippen molar-refractivity contribution in [3.63, 3.8) is 0 Å². The number of carbonyl (C=O) groups excluding carboxylic acids is 1. The van der Waals surface area contributed by atoms with Crippen molar-refractivity contribution in [1.29, 1.82) is 0 Å². The summed E-state index contributed by atoms with van der Waals surface area (Å²) in [5, 5.41) is 9.13. The molecule has 0 aliphatic carbocycles. The van der Waals surface area contributed by atoms with Crippen LogP contribution in [0.2, 0.25) is 5.02 Å². The number of ether oxygens (including phenoxy) is 1. The number of aromatic nitrogens is 4. The molecule has 1 aromatic carbocycles. The first-order valence-corrected chi connectivity index (χ1v) is 8.46. The maximum Gasteiger partial charge on any atom is 0.274 e. The zero-order valence-corrected chi connectivity index (χ0v) is 15.6. The predicted molar refractivity (Wildman–Crippen MR) is 98.0 cm³/mol. The Hall–Kier alpha value is -2.80. The summed E-state index contributed by atoms with van der Waals surface area (Å²) >= 11 is 5.85. The van der Waals surface area contributed by atoms with E-state index in [4.69, 9.17) is 16.3 Å². The van der Waals surface area contributed by atoms with Crippen molar-refractivity contribution >= 4 is 17.5 Å². The SMILES string of the molecule is Cc1c(CN(C)C(=O)c2ccn(COc3ccc(Cl)cc3)n2)cnn1C. The number of hydrogen-bond acceptors (Lipinski definition) is 4. The fraction of sp³-hybridized carbons (Fsp3) is 0.278. The van der Waals surface area contributed by atoms with Crippen molar-refractivity contribution in [3.05, 3.63) is 64.7 Å². The predicted octanol–water partition coefficient (Wildman–Crippen LogP) is 2.89. The number of halogens is 1. The highest BCUT2D eigenvalue weighted by Crippen LogP contribution is 2.16. The van der Waals surface area contributed by atoms with E-state index >= 15 is 0 Å². The van der Waals surface area contributed by atoms with Crippen LogP contribution < -0.4 is 4.74 Å². The van der Waals surface area contributed by atoms with Crippen LogP contribution in [0.5, 0.6) is 5.75 Å². The van der Waals surface area contributed by atoms with Crippen LogP contribution in [0, 0.1) is 6.92 Å². The Labute approximate surface area is 156 Å². The van der Waals surface area contributed by atoms with Crippen molar-refractivity contribution in [2.75, 3.05) is 7.05 Å². The second-order valence-electron chi connectivity index (χ2n) is 6.01. The molecule has 7 nitrogen and oxygen atoms in total. The van der Waals surface area contributed by atoms with Gasteiger partial charge < -0.3 is 9.64 Å². The lowest BCUT2D eigenvalue weighted by molar-refractivity contribution is 0.0777. The smallest absolute Gasteiger partial charge is 0.274 e. The minimum Gasteiger partial charge on any atom is -0.471 e. The number of carbonyl (C=O) groups is 1. The molecular formula is C18H20ClN5O2. The van der Waals surface area contributed by atoms with E-state index in [0.717, 1.165) is 11.3 Å². The Morgan fingerprint density at radius 3 is 2.65 bits per heavy atom. The van der Waals surface area contributed by atoms with E-state index in [1.807, 2.05) is 14.0 Å². The molecule has 136 valence electrons. The van der Waals surface area contributed by atoms with Gasteiger partial charge in [0.2, 0.25) is 0 Å². The van der Waals surface area contributed by atoms with Crippen LogP contribution in [0.25, 0.3) is 0 Å². The molecule has 3 rings (SSSR count). The van der Waals surface area contributed by atoms with E-state index in [1.54, 1.807) is 64.0 Å². The lowest BCUT2D eigenvalue weighted by Gasteiger charge is -2.15. The van der Waals surface area contributed by atoms with Gasteiger partial charge in [-0.2, -0.15) is 10.2 Å². The molecule has 2 heterocycles. The van der Waals surface area contributed by atoms with Crippen LogP contribution in [-0.2, 0) is 20.3 Å². The van der Waals surface area contributed by atoms with E-state index in [1.165, 1.54) is 0 Å². The standard InChI is InChI=1S/C18H20ClN5O2/c1-13-14(10-20-23(13)3)11-22(2)18(25)17-8-9-24(21-17)12-26-16-6-4-15(19)5-7-16/h4-10H,11-12H2,1-3H3. The first-order valence-electron chi connectivity index (χ1n) is 8.09. The molecule has 0 fully saturated rings. The summed E-state index contributed by atoms with van der Waals surface area (Å²) in [6.07, 6.45) is 3.49. The second kappa shape index (κ2) is 7.61. The monoisotopic (exact) mass is 373 g/mol. The molecule has 0 atom stereocenters. The van der Waals surface area contributed by atoms with Crippen molar-refractivity contribution in [1.82, 2.24) is 24.5 Å². The van der Waals surface area contributed by atoms with Crippen LogP contribution in [0.15, 0.2) is 42.7 Å². The molecule has 0 N–H and O–H groups in total. The fourth-order valence-corrected chi connectivity index (χ4v) is 2.57. The Morgan fingerprint density at radius 2 is 2.00 bits per heavy atom. The quantitative estimate of drug-likeness (QED) is 0.666. The van der Waals surface area contributed by atoms with Gasteiger partial charge in [-0.3, -0.25) is 9.48 Å². The maximum atomic E-state index is 12.6. The zero-order chi connectivity index (χ0) is 18.7. The fourth-order valence-electron chi connectivity index (χ4n) is 2.44.